The Morgan fingerprint density at radius 1 is 1.25 bits per heavy atom. The lowest BCUT2D eigenvalue weighted by atomic mass is 9.98. The molecule has 0 spiro atoms. The van der Waals surface area contributed by atoms with E-state index in [1.165, 1.54) is 32.1 Å². The Kier molecular flexibility index (Phi) is 4.62. The Balaban J connectivity index is 2.11. The zero-order valence-corrected chi connectivity index (χ0v) is 8.21. The van der Waals surface area contributed by atoms with Gasteiger partial charge in [0.15, 0.2) is 0 Å². The van der Waals surface area contributed by atoms with E-state index >= 15 is 0 Å². The normalized spacial score (nSPS) is 22.5. The van der Waals surface area contributed by atoms with Crippen molar-refractivity contribution in [2.45, 2.75) is 51.2 Å². The minimum atomic E-state index is 0.262. The number of hydrogen-bond donors (Lipinski definition) is 0. The van der Waals surface area contributed by atoms with Crippen LogP contribution in [0, 0.1) is 0 Å². The molecule has 1 saturated carbocycles. The second-order valence-corrected chi connectivity index (χ2v) is 3.66. The summed E-state index contributed by atoms with van der Waals surface area (Å²) >= 11 is 0. The van der Waals surface area contributed by atoms with Crippen LogP contribution in [0.5, 0.6) is 0 Å². The van der Waals surface area contributed by atoms with Gasteiger partial charge in [-0.2, -0.15) is 0 Å². The van der Waals surface area contributed by atoms with Gasteiger partial charge in [-0.05, 0) is 19.8 Å². The summed E-state index contributed by atoms with van der Waals surface area (Å²) in [6, 6.07) is 0. The Morgan fingerprint density at radius 3 is 2.50 bits per heavy atom. The second kappa shape index (κ2) is 5.55. The van der Waals surface area contributed by atoms with E-state index in [1.807, 2.05) is 0 Å². The van der Waals surface area contributed by atoms with E-state index in [0.29, 0.717) is 6.10 Å². The van der Waals surface area contributed by atoms with Crippen molar-refractivity contribution in [3.63, 3.8) is 0 Å². The molecule has 1 fully saturated rings. The van der Waals surface area contributed by atoms with E-state index in [9.17, 15) is 0 Å². The van der Waals surface area contributed by atoms with Crippen LogP contribution in [-0.4, -0.2) is 25.9 Å². The SMILES string of the molecule is COCC(C)OC1CCCCC1. The van der Waals surface area contributed by atoms with Gasteiger partial charge in [0, 0.05) is 7.11 Å². The molecule has 72 valence electrons. The largest absolute Gasteiger partial charge is 0.382 e. The predicted molar refractivity (Wildman–Crippen MR) is 49.3 cm³/mol. The van der Waals surface area contributed by atoms with Gasteiger partial charge in [-0.3, -0.25) is 0 Å². The van der Waals surface area contributed by atoms with Gasteiger partial charge in [-0.25, -0.2) is 0 Å². The molecule has 1 aliphatic carbocycles. The van der Waals surface area contributed by atoms with E-state index in [4.69, 9.17) is 9.47 Å². The molecule has 1 aliphatic rings. The maximum atomic E-state index is 5.81. The van der Waals surface area contributed by atoms with Crippen LogP contribution < -0.4 is 0 Å². The van der Waals surface area contributed by atoms with Crippen molar-refractivity contribution in [2.24, 2.45) is 0 Å². The van der Waals surface area contributed by atoms with Crippen molar-refractivity contribution in [2.75, 3.05) is 13.7 Å². The molecule has 0 aliphatic heterocycles. The molecule has 12 heavy (non-hydrogen) atoms. The zero-order chi connectivity index (χ0) is 8.81. The molecular formula is C10H20O2. The molecule has 0 N–H and O–H groups in total. The third kappa shape index (κ3) is 3.55. The van der Waals surface area contributed by atoms with Crippen molar-refractivity contribution >= 4 is 0 Å². The maximum Gasteiger partial charge on any atom is 0.0784 e. The molecule has 2 heteroatoms. The smallest absolute Gasteiger partial charge is 0.0784 e. The summed E-state index contributed by atoms with van der Waals surface area (Å²) in [6.45, 7) is 2.80. The second-order valence-electron chi connectivity index (χ2n) is 3.66. The van der Waals surface area contributed by atoms with Crippen LogP contribution in [-0.2, 0) is 9.47 Å². The molecule has 0 bridgehead atoms. The van der Waals surface area contributed by atoms with Crippen LogP contribution in [0.4, 0.5) is 0 Å². The molecule has 1 unspecified atom stereocenters. The summed E-state index contributed by atoms with van der Waals surface area (Å²) in [5.41, 5.74) is 0. The van der Waals surface area contributed by atoms with Crippen molar-refractivity contribution in [1.29, 1.82) is 0 Å². The summed E-state index contributed by atoms with van der Waals surface area (Å²) in [4.78, 5) is 0. The number of methoxy groups -OCH3 is 1. The van der Waals surface area contributed by atoms with Gasteiger partial charge in [0.05, 0.1) is 18.8 Å². The van der Waals surface area contributed by atoms with Gasteiger partial charge >= 0.3 is 0 Å². The molecule has 0 amide bonds. The summed E-state index contributed by atoms with van der Waals surface area (Å²) < 4.78 is 10.8. The van der Waals surface area contributed by atoms with Gasteiger partial charge in [0.25, 0.3) is 0 Å². The zero-order valence-electron chi connectivity index (χ0n) is 8.21. The Bertz CT molecular complexity index is 108. The monoisotopic (exact) mass is 172 g/mol. The van der Waals surface area contributed by atoms with E-state index < -0.39 is 0 Å². The van der Waals surface area contributed by atoms with Gasteiger partial charge in [-0.15, -0.1) is 0 Å². The molecule has 2 nitrogen and oxygen atoms in total. The average Bonchev–Trinajstić information content (AvgIpc) is 2.06. The molecular weight excluding hydrogens is 152 g/mol. The standard InChI is InChI=1S/C10H20O2/c1-9(8-11-2)12-10-6-4-3-5-7-10/h9-10H,3-8H2,1-2H3. The number of ether oxygens (including phenoxy) is 2. The van der Waals surface area contributed by atoms with E-state index in [0.717, 1.165) is 6.61 Å². The number of rotatable bonds is 4. The first kappa shape index (κ1) is 10.0. The van der Waals surface area contributed by atoms with Gasteiger partial charge in [0.1, 0.15) is 0 Å². The minimum Gasteiger partial charge on any atom is -0.382 e. The van der Waals surface area contributed by atoms with E-state index in [2.05, 4.69) is 6.92 Å². The molecule has 1 atom stereocenters. The minimum absolute atomic E-state index is 0.262. The average molecular weight is 172 g/mol. The molecule has 1 rings (SSSR count). The Hall–Kier alpha value is -0.0800. The van der Waals surface area contributed by atoms with E-state index in [1.54, 1.807) is 7.11 Å². The van der Waals surface area contributed by atoms with Crippen LogP contribution in [0.3, 0.4) is 0 Å². The summed E-state index contributed by atoms with van der Waals surface area (Å²) in [7, 11) is 1.72. The fourth-order valence-corrected chi connectivity index (χ4v) is 1.80. The first-order chi connectivity index (χ1) is 5.83. The van der Waals surface area contributed by atoms with Crippen molar-refractivity contribution < 1.29 is 9.47 Å². The first-order valence-corrected chi connectivity index (χ1v) is 4.97. The number of hydrogen-bond acceptors (Lipinski definition) is 2. The van der Waals surface area contributed by atoms with Gasteiger partial charge in [0.2, 0.25) is 0 Å². The molecule has 0 radical (unpaired) electrons. The van der Waals surface area contributed by atoms with Crippen LogP contribution in [0.2, 0.25) is 0 Å². The highest BCUT2D eigenvalue weighted by molar-refractivity contribution is 4.66. The van der Waals surface area contributed by atoms with Crippen molar-refractivity contribution in [3.05, 3.63) is 0 Å². The summed E-state index contributed by atoms with van der Waals surface area (Å²) in [6.07, 6.45) is 7.32. The van der Waals surface area contributed by atoms with E-state index in [-0.39, 0.29) is 6.10 Å². The maximum absolute atomic E-state index is 5.81. The van der Waals surface area contributed by atoms with Gasteiger partial charge < -0.3 is 9.47 Å². The highest BCUT2D eigenvalue weighted by Gasteiger charge is 2.16. The molecule has 0 heterocycles. The quantitative estimate of drug-likeness (QED) is 0.648. The third-order valence-electron chi connectivity index (χ3n) is 2.38. The Morgan fingerprint density at radius 2 is 1.92 bits per heavy atom. The molecule has 0 saturated heterocycles. The summed E-state index contributed by atoms with van der Waals surface area (Å²) in [5.74, 6) is 0. The Labute approximate surface area is 75.2 Å². The van der Waals surface area contributed by atoms with Gasteiger partial charge in [-0.1, -0.05) is 19.3 Å². The van der Waals surface area contributed by atoms with Crippen LogP contribution >= 0.6 is 0 Å². The molecule has 0 aromatic rings. The highest BCUT2D eigenvalue weighted by Crippen LogP contribution is 2.21. The topological polar surface area (TPSA) is 18.5 Å². The lowest BCUT2D eigenvalue weighted by Crippen LogP contribution is -2.25. The van der Waals surface area contributed by atoms with Crippen LogP contribution in [0.15, 0.2) is 0 Å². The molecule has 0 aromatic carbocycles. The highest BCUT2D eigenvalue weighted by atomic mass is 16.5. The van der Waals surface area contributed by atoms with Crippen LogP contribution in [0.25, 0.3) is 0 Å². The van der Waals surface area contributed by atoms with Crippen molar-refractivity contribution in [1.82, 2.24) is 0 Å². The predicted octanol–water partition coefficient (Wildman–Crippen LogP) is 2.37. The fraction of sp³-hybridized carbons (Fsp3) is 1.00. The van der Waals surface area contributed by atoms with Crippen molar-refractivity contribution in [3.8, 4) is 0 Å². The lowest BCUT2D eigenvalue weighted by molar-refractivity contribution is -0.0517. The lowest BCUT2D eigenvalue weighted by Gasteiger charge is -2.25. The fourth-order valence-electron chi connectivity index (χ4n) is 1.80. The third-order valence-corrected chi connectivity index (χ3v) is 2.38. The summed E-state index contributed by atoms with van der Waals surface area (Å²) in [5, 5.41) is 0. The first-order valence-electron chi connectivity index (χ1n) is 4.97. The van der Waals surface area contributed by atoms with Crippen LogP contribution in [0.1, 0.15) is 39.0 Å². The molecule has 0 aromatic heterocycles.